The van der Waals surface area contributed by atoms with Gasteiger partial charge in [-0.3, -0.25) is 0 Å². The summed E-state index contributed by atoms with van der Waals surface area (Å²) in [4.78, 5) is 23.1. The lowest BCUT2D eigenvalue weighted by molar-refractivity contribution is -0.140. The van der Waals surface area contributed by atoms with E-state index in [-0.39, 0.29) is 0 Å². The summed E-state index contributed by atoms with van der Waals surface area (Å²) in [5.74, 6) is 0.613. The third-order valence-electron chi connectivity index (χ3n) is 4.70. The molecule has 0 N–H and O–H groups in total. The van der Waals surface area contributed by atoms with Gasteiger partial charge in [0.15, 0.2) is 0 Å². The SMILES string of the molecule is CC(C)CCCCCCCOC(=O)/C=C/C(=O)OCCCCCCCC(C)C. The molecule has 0 amide bonds. The van der Waals surface area contributed by atoms with Gasteiger partial charge >= 0.3 is 11.9 Å². The second-order valence-corrected chi connectivity index (χ2v) is 8.57. The van der Waals surface area contributed by atoms with Crippen LogP contribution in [0.25, 0.3) is 0 Å². The highest BCUT2D eigenvalue weighted by molar-refractivity contribution is 5.91. The molecule has 4 nitrogen and oxygen atoms in total. The van der Waals surface area contributed by atoms with Gasteiger partial charge in [0, 0.05) is 12.2 Å². The molecule has 0 fully saturated rings. The molecule has 0 spiro atoms. The van der Waals surface area contributed by atoms with E-state index >= 15 is 0 Å². The number of carbonyl (C=O) groups excluding carboxylic acids is 2. The maximum absolute atomic E-state index is 11.6. The van der Waals surface area contributed by atoms with Crippen LogP contribution in [0.4, 0.5) is 0 Å². The molecule has 0 aliphatic carbocycles. The molecular formula is C24H44O4. The number of ether oxygens (including phenoxy) is 2. The lowest BCUT2D eigenvalue weighted by Crippen LogP contribution is -2.06. The van der Waals surface area contributed by atoms with Crippen LogP contribution >= 0.6 is 0 Å². The average molecular weight is 397 g/mol. The van der Waals surface area contributed by atoms with Crippen LogP contribution in [-0.4, -0.2) is 25.2 Å². The largest absolute Gasteiger partial charge is 0.463 e. The zero-order chi connectivity index (χ0) is 21.0. The summed E-state index contributed by atoms with van der Waals surface area (Å²) >= 11 is 0. The Labute approximate surface area is 173 Å². The molecule has 0 heterocycles. The zero-order valence-electron chi connectivity index (χ0n) is 18.8. The van der Waals surface area contributed by atoms with E-state index in [0.717, 1.165) is 49.7 Å². The standard InChI is InChI=1S/C24H44O4/c1-21(2)15-11-7-5-9-13-19-27-23(25)17-18-24(26)28-20-14-10-6-8-12-16-22(3)4/h17-18,21-22H,5-16,19-20H2,1-4H3/b18-17+. The Bertz CT molecular complexity index is 375. The summed E-state index contributed by atoms with van der Waals surface area (Å²) in [5.41, 5.74) is 0. The summed E-state index contributed by atoms with van der Waals surface area (Å²) in [7, 11) is 0. The number of hydrogen-bond donors (Lipinski definition) is 0. The van der Waals surface area contributed by atoms with Crippen LogP contribution in [0.1, 0.15) is 105 Å². The van der Waals surface area contributed by atoms with Gasteiger partial charge in [0.05, 0.1) is 13.2 Å². The Morgan fingerprint density at radius 1 is 0.571 bits per heavy atom. The monoisotopic (exact) mass is 396 g/mol. The van der Waals surface area contributed by atoms with Gasteiger partial charge in [0.2, 0.25) is 0 Å². The van der Waals surface area contributed by atoms with Crippen molar-refractivity contribution in [2.24, 2.45) is 11.8 Å². The maximum atomic E-state index is 11.6. The van der Waals surface area contributed by atoms with E-state index in [1.54, 1.807) is 0 Å². The Morgan fingerprint density at radius 3 is 1.25 bits per heavy atom. The topological polar surface area (TPSA) is 52.6 Å². The normalized spacial score (nSPS) is 11.5. The van der Waals surface area contributed by atoms with Crippen molar-refractivity contribution in [3.63, 3.8) is 0 Å². The predicted molar refractivity (Wildman–Crippen MR) is 116 cm³/mol. The second kappa shape index (κ2) is 19.0. The van der Waals surface area contributed by atoms with E-state index in [9.17, 15) is 9.59 Å². The molecule has 0 aromatic heterocycles. The third-order valence-corrected chi connectivity index (χ3v) is 4.70. The smallest absolute Gasteiger partial charge is 0.331 e. The average Bonchev–Trinajstić information content (AvgIpc) is 2.63. The van der Waals surface area contributed by atoms with Gasteiger partial charge in [-0.1, -0.05) is 91.9 Å². The molecule has 4 heteroatoms. The van der Waals surface area contributed by atoms with Crippen molar-refractivity contribution >= 4 is 11.9 Å². The van der Waals surface area contributed by atoms with Crippen molar-refractivity contribution < 1.29 is 19.1 Å². The highest BCUT2D eigenvalue weighted by Crippen LogP contribution is 2.11. The molecule has 0 saturated carbocycles. The Balaban J connectivity index is 3.48. The van der Waals surface area contributed by atoms with Crippen molar-refractivity contribution in [2.75, 3.05) is 13.2 Å². The Hall–Kier alpha value is -1.32. The molecule has 0 atom stereocenters. The number of rotatable bonds is 18. The van der Waals surface area contributed by atoms with Gasteiger partial charge in [-0.15, -0.1) is 0 Å². The third kappa shape index (κ3) is 21.0. The van der Waals surface area contributed by atoms with E-state index in [4.69, 9.17) is 9.47 Å². The van der Waals surface area contributed by atoms with E-state index < -0.39 is 11.9 Å². The number of unbranched alkanes of at least 4 members (excludes halogenated alkanes) is 8. The molecule has 0 aromatic carbocycles. The van der Waals surface area contributed by atoms with Gasteiger partial charge in [0.1, 0.15) is 0 Å². The summed E-state index contributed by atoms with van der Waals surface area (Å²) in [6.45, 7) is 9.83. The first-order valence-corrected chi connectivity index (χ1v) is 11.4. The fourth-order valence-electron chi connectivity index (χ4n) is 2.95. The lowest BCUT2D eigenvalue weighted by atomic mass is 10.0. The molecule has 0 bridgehead atoms. The fraction of sp³-hybridized carbons (Fsp3) is 0.833. The molecule has 0 radical (unpaired) electrons. The predicted octanol–water partition coefficient (Wildman–Crippen LogP) is 6.62. The first-order chi connectivity index (χ1) is 13.4. The second-order valence-electron chi connectivity index (χ2n) is 8.57. The maximum Gasteiger partial charge on any atom is 0.331 e. The Morgan fingerprint density at radius 2 is 0.893 bits per heavy atom. The molecule has 0 unspecified atom stereocenters. The van der Waals surface area contributed by atoms with E-state index in [2.05, 4.69) is 27.7 Å². The summed E-state index contributed by atoms with van der Waals surface area (Å²) in [5, 5.41) is 0. The van der Waals surface area contributed by atoms with Crippen LogP contribution in [0.2, 0.25) is 0 Å². The summed E-state index contributed by atoms with van der Waals surface area (Å²) in [6.07, 6.45) is 16.2. The summed E-state index contributed by atoms with van der Waals surface area (Å²) < 4.78 is 10.2. The highest BCUT2D eigenvalue weighted by atomic mass is 16.5. The van der Waals surface area contributed by atoms with Crippen LogP contribution < -0.4 is 0 Å². The van der Waals surface area contributed by atoms with E-state index in [0.29, 0.717) is 13.2 Å². The van der Waals surface area contributed by atoms with Gasteiger partial charge in [0.25, 0.3) is 0 Å². The minimum atomic E-state index is -0.470. The molecule has 164 valence electrons. The molecular weight excluding hydrogens is 352 g/mol. The highest BCUT2D eigenvalue weighted by Gasteiger charge is 2.02. The van der Waals surface area contributed by atoms with Crippen LogP contribution in [0.5, 0.6) is 0 Å². The van der Waals surface area contributed by atoms with Crippen molar-refractivity contribution in [3.05, 3.63) is 12.2 Å². The first kappa shape index (κ1) is 26.7. The first-order valence-electron chi connectivity index (χ1n) is 11.4. The minimum absolute atomic E-state index is 0.416. The van der Waals surface area contributed by atoms with Gasteiger partial charge in [-0.2, -0.15) is 0 Å². The van der Waals surface area contributed by atoms with Crippen molar-refractivity contribution in [1.29, 1.82) is 0 Å². The summed E-state index contributed by atoms with van der Waals surface area (Å²) in [6, 6.07) is 0. The van der Waals surface area contributed by atoms with Crippen molar-refractivity contribution in [2.45, 2.75) is 105 Å². The van der Waals surface area contributed by atoms with Gasteiger partial charge in [-0.05, 0) is 24.7 Å². The van der Waals surface area contributed by atoms with Crippen LogP contribution in [0.3, 0.4) is 0 Å². The zero-order valence-corrected chi connectivity index (χ0v) is 18.8. The lowest BCUT2D eigenvalue weighted by Gasteiger charge is -2.05. The van der Waals surface area contributed by atoms with Gasteiger partial charge < -0.3 is 9.47 Å². The molecule has 0 saturated heterocycles. The number of esters is 2. The van der Waals surface area contributed by atoms with Crippen LogP contribution in [0, 0.1) is 11.8 Å². The van der Waals surface area contributed by atoms with Gasteiger partial charge in [-0.25, -0.2) is 9.59 Å². The molecule has 0 aromatic rings. The molecule has 28 heavy (non-hydrogen) atoms. The van der Waals surface area contributed by atoms with Crippen LogP contribution in [0.15, 0.2) is 12.2 Å². The Kier molecular flexibility index (Phi) is 18.1. The van der Waals surface area contributed by atoms with Crippen molar-refractivity contribution in [3.8, 4) is 0 Å². The molecule has 0 aliphatic rings. The molecule has 0 rings (SSSR count). The molecule has 0 aliphatic heterocycles. The van der Waals surface area contributed by atoms with Crippen LogP contribution in [-0.2, 0) is 19.1 Å². The minimum Gasteiger partial charge on any atom is -0.463 e. The van der Waals surface area contributed by atoms with E-state index in [1.165, 1.54) is 51.4 Å². The quantitative estimate of drug-likeness (QED) is 0.148. The van der Waals surface area contributed by atoms with Crippen molar-refractivity contribution in [1.82, 2.24) is 0 Å². The fourth-order valence-corrected chi connectivity index (χ4v) is 2.95. The number of hydrogen-bond acceptors (Lipinski definition) is 4. The van der Waals surface area contributed by atoms with E-state index in [1.807, 2.05) is 0 Å². The number of carbonyl (C=O) groups is 2.